The van der Waals surface area contributed by atoms with Gasteiger partial charge in [-0.1, -0.05) is 18.2 Å². The minimum Gasteiger partial charge on any atom is -0.494 e. The van der Waals surface area contributed by atoms with E-state index >= 15 is 0 Å². The summed E-state index contributed by atoms with van der Waals surface area (Å²) in [6, 6.07) is 9.35. The first-order valence-electron chi connectivity index (χ1n) is 6.10. The van der Waals surface area contributed by atoms with Crippen LogP contribution in [-0.4, -0.2) is 37.3 Å². The fourth-order valence-corrected chi connectivity index (χ4v) is 1.99. The number of para-hydroxylation sites is 1. The summed E-state index contributed by atoms with van der Waals surface area (Å²) in [4.78, 5) is 16.4. The smallest absolute Gasteiger partial charge is 0.270 e. The van der Waals surface area contributed by atoms with Gasteiger partial charge in [0, 0.05) is 5.39 Å². The number of nitrogens with zero attached hydrogens (tertiary/aromatic N) is 1. The van der Waals surface area contributed by atoms with Crippen molar-refractivity contribution in [1.29, 1.82) is 0 Å². The van der Waals surface area contributed by atoms with Gasteiger partial charge in [-0.05, 0) is 12.1 Å². The molecule has 1 fully saturated rings. The number of pyridine rings is 1. The van der Waals surface area contributed by atoms with Crippen LogP contribution in [0.15, 0.2) is 30.3 Å². The van der Waals surface area contributed by atoms with Gasteiger partial charge in [-0.3, -0.25) is 4.79 Å². The molecular weight excluding hydrogens is 244 g/mol. The number of aromatic nitrogens is 1. The summed E-state index contributed by atoms with van der Waals surface area (Å²) in [5, 5.41) is 3.81. The van der Waals surface area contributed by atoms with Crippen molar-refractivity contribution < 1.29 is 14.3 Å². The molecule has 19 heavy (non-hydrogen) atoms. The minimum atomic E-state index is -0.180. The fraction of sp³-hybridized carbons (Fsp3) is 0.286. The first-order chi connectivity index (χ1) is 9.28. The van der Waals surface area contributed by atoms with E-state index in [2.05, 4.69) is 10.3 Å². The molecule has 0 bridgehead atoms. The largest absolute Gasteiger partial charge is 0.494 e. The minimum absolute atomic E-state index is 0.0997. The van der Waals surface area contributed by atoms with Gasteiger partial charge in [0.25, 0.3) is 5.91 Å². The Morgan fingerprint density at radius 2 is 2.21 bits per heavy atom. The number of ether oxygens (including phenoxy) is 2. The second-order valence-electron chi connectivity index (χ2n) is 4.44. The van der Waals surface area contributed by atoms with Crippen LogP contribution in [0.4, 0.5) is 0 Å². The second kappa shape index (κ2) is 4.85. The third-order valence-electron chi connectivity index (χ3n) is 3.11. The summed E-state index contributed by atoms with van der Waals surface area (Å²) in [5.41, 5.74) is 1.09. The van der Waals surface area contributed by atoms with Crippen LogP contribution in [0.1, 0.15) is 10.5 Å². The van der Waals surface area contributed by atoms with Crippen LogP contribution in [0, 0.1) is 0 Å². The zero-order chi connectivity index (χ0) is 13.2. The number of hydrogen-bond donors (Lipinski definition) is 1. The molecule has 1 amide bonds. The lowest BCUT2D eigenvalue weighted by Gasteiger charge is -2.26. The predicted molar refractivity (Wildman–Crippen MR) is 70.4 cm³/mol. The Labute approximate surface area is 110 Å². The Morgan fingerprint density at radius 3 is 2.89 bits per heavy atom. The molecule has 1 saturated heterocycles. The maximum absolute atomic E-state index is 12.0. The van der Waals surface area contributed by atoms with Crippen molar-refractivity contribution in [2.24, 2.45) is 0 Å². The maximum Gasteiger partial charge on any atom is 0.270 e. The molecule has 2 aromatic rings. The number of benzene rings is 1. The first kappa shape index (κ1) is 11.9. The second-order valence-corrected chi connectivity index (χ2v) is 4.44. The van der Waals surface area contributed by atoms with Crippen molar-refractivity contribution >= 4 is 16.8 Å². The normalized spacial score (nSPS) is 15.0. The van der Waals surface area contributed by atoms with Gasteiger partial charge in [0.2, 0.25) is 0 Å². The highest BCUT2D eigenvalue weighted by atomic mass is 16.5. The van der Waals surface area contributed by atoms with E-state index in [-0.39, 0.29) is 11.9 Å². The molecule has 5 nitrogen and oxygen atoms in total. The van der Waals surface area contributed by atoms with Crippen LogP contribution in [0.5, 0.6) is 5.75 Å². The van der Waals surface area contributed by atoms with E-state index in [4.69, 9.17) is 9.47 Å². The zero-order valence-corrected chi connectivity index (χ0v) is 10.6. The monoisotopic (exact) mass is 258 g/mol. The molecule has 0 spiro atoms. The number of fused-ring (bicyclic) bond motifs is 1. The highest BCUT2D eigenvalue weighted by Crippen LogP contribution is 2.23. The number of carbonyl (C=O) groups is 1. The van der Waals surface area contributed by atoms with E-state index < -0.39 is 0 Å². The van der Waals surface area contributed by atoms with Gasteiger partial charge in [0.05, 0.1) is 26.4 Å². The average Bonchev–Trinajstić information content (AvgIpc) is 2.41. The van der Waals surface area contributed by atoms with E-state index in [0.717, 1.165) is 5.39 Å². The number of nitrogens with one attached hydrogen (secondary N) is 1. The van der Waals surface area contributed by atoms with Gasteiger partial charge < -0.3 is 14.8 Å². The van der Waals surface area contributed by atoms with Gasteiger partial charge in [-0.15, -0.1) is 0 Å². The number of amides is 1. The molecule has 0 atom stereocenters. The molecule has 1 N–H and O–H groups in total. The van der Waals surface area contributed by atoms with Gasteiger partial charge in [-0.2, -0.15) is 0 Å². The van der Waals surface area contributed by atoms with Gasteiger partial charge in [0.15, 0.2) is 0 Å². The van der Waals surface area contributed by atoms with Crippen molar-refractivity contribution in [3.8, 4) is 5.75 Å². The maximum atomic E-state index is 12.0. The van der Waals surface area contributed by atoms with Crippen molar-refractivity contribution in [3.63, 3.8) is 0 Å². The standard InChI is InChI=1S/C14H14N2O3/c1-18-12-4-2-3-9-5-6-11(16-13(9)12)14(17)15-10-7-19-8-10/h2-6,10H,7-8H2,1H3,(H,15,17). The lowest BCUT2D eigenvalue weighted by atomic mass is 10.1. The highest BCUT2D eigenvalue weighted by molar-refractivity contribution is 5.96. The third-order valence-corrected chi connectivity index (χ3v) is 3.11. The highest BCUT2D eigenvalue weighted by Gasteiger charge is 2.21. The van der Waals surface area contributed by atoms with Crippen molar-refractivity contribution in [1.82, 2.24) is 10.3 Å². The van der Waals surface area contributed by atoms with Gasteiger partial charge in [-0.25, -0.2) is 4.98 Å². The van der Waals surface area contributed by atoms with Gasteiger partial charge >= 0.3 is 0 Å². The summed E-state index contributed by atoms with van der Waals surface area (Å²) in [5.74, 6) is 0.486. The van der Waals surface area contributed by atoms with Crippen molar-refractivity contribution in [3.05, 3.63) is 36.0 Å². The predicted octanol–water partition coefficient (Wildman–Crippen LogP) is 1.37. The Kier molecular flexibility index (Phi) is 3.05. The summed E-state index contributed by atoms with van der Waals surface area (Å²) in [6.07, 6.45) is 0. The van der Waals surface area contributed by atoms with E-state index in [1.165, 1.54) is 0 Å². The molecule has 0 radical (unpaired) electrons. The Balaban J connectivity index is 1.93. The van der Waals surface area contributed by atoms with Crippen LogP contribution in [0.25, 0.3) is 10.9 Å². The molecular formula is C14H14N2O3. The van der Waals surface area contributed by atoms with E-state index in [1.54, 1.807) is 13.2 Å². The van der Waals surface area contributed by atoms with E-state index in [1.807, 2.05) is 24.3 Å². The molecule has 3 rings (SSSR count). The molecule has 0 unspecified atom stereocenters. The molecule has 0 saturated carbocycles. The summed E-state index contributed by atoms with van der Waals surface area (Å²) in [6.45, 7) is 1.14. The van der Waals surface area contributed by atoms with Crippen LogP contribution >= 0.6 is 0 Å². The molecule has 5 heteroatoms. The summed E-state index contributed by atoms with van der Waals surface area (Å²) >= 11 is 0. The Hall–Kier alpha value is -2.14. The van der Waals surface area contributed by atoms with Crippen LogP contribution in [0.2, 0.25) is 0 Å². The number of rotatable bonds is 3. The zero-order valence-electron chi connectivity index (χ0n) is 10.6. The van der Waals surface area contributed by atoms with Gasteiger partial charge in [0.1, 0.15) is 17.0 Å². The molecule has 1 aromatic carbocycles. The Morgan fingerprint density at radius 1 is 1.37 bits per heavy atom. The average molecular weight is 258 g/mol. The summed E-state index contributed by atoms with van der Waals surface area (Å²) in [7, 11) is 1.59. The molecule has 2 heterocycles. The molecule has 1 aromatic heterocycles. The fourth-order valence-electron chi connectivity index (χ4n) is 1.99. The van der Waals surface area contributed by atoms with E-state index in [0.29, 0.717) is 30.2 Å². The molecule has 0 aliphatic carbocycles. The topological polar surface area (TPSA) is 60.5 Å². The van der Waals surface area contributed by atoms with Crippen LogP contribution in [0.3, 0.4) is 0 Å². The quantitative estimate of drug-likeness (QED) is 0.903. The van der Waals surface area contributed by atoms with E-state index in [9.17, 15) is 4.79 Å². The first-order valence-corrected chi connectivity index (χ1v) is 6.10. The lowest BCUT2D eigenvalue weighted by Crippen LogP contribution is -2.48. The van der Waals surface area contributed by atoms with Crippen LogP contribution < -0.4 is 10.1 Å². The van der Waals surface area contributed by atoms with Crippen molar-refractivity contribution in [2.45, 2.75) is 6.04 Å². The third kappa shape index (κ3) is 2.24. The molecule has 1 aliphatic rings. The number of hydrogen-bond acceptors (Lipinski definition) is 4. The summed E-state index contributed by atoms with van der Waals surface area (Å²) < 4.78 is 10.3. The Bertz CT molecular complexity index is 623. The van der Waals surface area contributed by atoms with Crippen LogP contribution in [-0.2, 0) is 4.74 Å². The number of methoxy groups -OCH3 is 1. The SMILES string of the molecule is COc1cccc2ccc(C(=O)NC3COC3)nc12. The molecule has 98 valence electrons. The number of carbonyl (C=O) groups excluding carboxylic acids is 1. The lowest BCUT2D eigenvalue weighted by molar-refractivity contribution is -0.00354. The van der Waals surface area contributed by atoms with Crippen molar-refractivity contribution in [2.75, 3.05) is 20.3 Å². The molecule has 1 aliphatic heterocycles.